The SMILES string of the molecule is CC(C)c1ccc(NC(=O)CCNC(=O)c2ccccc2)cc1. The predicted octanol–water partition coefficient (Wildman–Crippen LogP) is 3.57. The molecule has 0 radical (unpaired) electrons. The van der Waals surface area contributed by atoms with Crippen molar-refractivity contribution in [2.75, 3.05) is 11.9 Å². The summed E-state index contributed by atoms with van der Waals surface area (Å²) in [7, 11) is 0. The van der Waals surface area contributed by atoms with Crippen molar-refractivity contribution in [3.8, 4) is 0 Å². The smallest absolute Gasteiger partial charge is 0.251 e. The van der Waals surface area contributed by atoms with Gasteiger partial charge < -0.3 is 10.6 Å². The second-order valence-electron chi connectivity index (χ2n) is 5.70. The summed E-state index contributed by atoms with van der Waals surface area (Å²) >= 11 is 0. The van der Waals surface area contributed by atoms with Gasteiger partial charge in [0.2, 0.25) is 5.91 Å². The molecule has 0 aliphatic rings. The van der Waals surface area contributed by atoms with Gasteiger partial charge in [-0.05, 0) is 35.7 Å². The van der Waals surface area contributed by atoms with E-state index in [9.17, 15) is 9.59 Å². The van der Waals surface area contributed by atoms with Crippen molar-refractivity contribution in [3.05, 3.63) is 65.7 Å². The van der Waals surface area contributed by atoms with Gasteiger partial charge in [-0.3, -0.25) is 9.59 Å². The van der Waals surface area contributed by atoms with Crippen molar-refractivity contribution in [1.82, 2.24) is 5.32 Å². The van der Waals surface area contributed by atoms with Crippen molar-refractivity contribution >= 4 is 17.5 Å². The number of hydrogen-bond acceptors (Lipinski definition) is 2. The zero-order chi connectivity index (χ0) is 16.7. The molecule has 2 aromatic rings. The van der Waals surface area contributed by atoms with E-state index < -0.39 is 0 Å². The molecule has 2 rings (SSSR count). The Bertz CT molecular complexity index is 649. The fourth-order valence-corrected chi connectivity index (χ4v) is 2.16. The van der Waals surface area contributed by atoms with Crippen LogP contribution in [0.3, 0.4) is 0 Å². The summed E-state index contributed by atoms with van der Waals surface area (Å²) in [4.78, 5) is 23.7. The summed E-state index contributed by atoms with van der Waals surface area (Å²) < 4.78 is 0. The lowest BCUT2D eigenvalue weighted by molar-refractivity contribution is -0.116. The van der Waals surface area contributed by atoms with E-state index in [4.69, 9.17) is 0 Å². The monoisotopic (exact) mass is 310 g/mol. The number of hydrogen-bond donors (Lipinski definition) is 2. The van der Waals surface area contributed by atoms with Crippen LogP contribution in [0.25, 0.3) is 0 Å². The molecule has 0 saturated heterocycles. The summed E-state index contributed by atoms with van der Waals surface area (Å²) in [5.41, 5.74) is 2.60. The molecule has 2 N–H and O–H groups in total. The first-order valence-corrected chi connectivity index (χ1v) is 7.79. The van der Waals surface area contributed by atoms with Gasteiger partial charge in [0.15, 0.2) is 0 Å². The van der Waals surface area contributed by atoms with E-state index in [0.717, 1.165) is 5.69 Å². The summed E-state index contributed by atoms with van der Waals surface area (Å²) in [5.74, 6) is 0.184. The van der Waals surface area contributed by atoms with Crippen LogP contribution < -0.4 is 10.6 Å². The van der Waals surface area contributed by atoms with Crippen LogP contribution in [0.5, 0.6) is 0 Å². The average molecular weight is 310 g/mol. The Morgan fingerprint density at radius 1 is 0.957 bits per heavy atom. The summed E-state index contributed by atoms with van der Waals surface area (Å²) in [6, 6.07) is 16.8. The van der Waals surface area contributed by atoms with Crippen LogP contribution >= 0.6 is 0 Å². The molecule has 0 spiro atoms. The third kappa shape index (κ3) is 5.25. The van der Waals surface area contributed by atoms with Gasteiger partial charge >= 0.3 is 0 Å². The minimum Gasteiger partial charge on any atom is -0.352 e. The predicted molar refractivity (Wildman–Crippen MR) is 92.6 cm³/mol. The van der Waals surface area contributed by atoms with Crippen LogP contribution in [-0.4, -0.2) is 18.4 Å². The average Bonchev–Trinajstić information content (AvgIpc) is 2.56. The lowest BCUT2D eigenvalue weighted by atomic mass is 10.0. The Kier molecular flexibility index (Phi) is 5.92. The molecule has 2 amide bonds. The first-order valence-electron chi connectivity index (χ1n) is 7.79. The van der Waals surface area contributed by atoms with E-state index in [2.05, 4.69) is 24.5 Å². The Morgan fingerprint density at radius 2 is 1.61 bits per heavy atom. The van der Waals surface area contributed by atoms with Crippen LogP contribution in [0.2, 0.25) is 0 Å². The maximum atomic E-state index is 11.9. The standard InChI is InChI=1S/C19H22N2O2/c1-14(2)15-8-10-17(11-9-15)21-18(22)12-13-20-19(23)16-6-4-3-5-7-16/h3-11,14H,12-13H2,1-2H3,(H,20,23)(H,21,22). The van der Waals surface area contributed by atoms with Crippen molar-refractivity contribution in [2.45, 2.75) is 26.2 Å². The summed E-state index contributed by atoms with van der Waals surface area (Å²) in [6.07, 6.45) is 0.241. The van der Waals surface area contributed by atoms with Crippen molar-refractivity contribution in [3.63, 3.8) is 0 Å². The highest BCUT2D eigenvalue weighted by Crippen LogP contribution is 2.17. The Morgan fingerprint density at radius 3 is 2.22 bits per heavy atom. The quantitative estimate of drug-likeness (QED) is 0.857. The molecule has 0 atom stereocenters. The van der Waals surface area contributed by atoms with Crippen LogP contribution in [0.4, 0.5) is 5.69 Å². The normalized spacial score (nSPS) is 10.4. The molecule has 0 bridgehead atoms. The van der Waals surface area contributed by atoms with Crippen LogP contribution in [-0.2, 0) is 4.79 Å². The summed E-state index contributed by atoms with van der Waals surface area (Å²) in [6.45, 7) is 4.57. The van der Waals surface area contributed by atoms with E-state index in [1.165, 1.54) is 5.56 Å². The first-order chi connectivity index (χ1) is 11.1. The number of nitrogens with one attached hydrogen (secondary N) is 2. The first kappa shape index (κ1) is 16.7. The molecule has 0 aromatic heterocycles. The Balaban J connectivity index is 1.76. The lowest BCUT2D eigenvalue weighted by Crippen LogP contribution is -2.27. The van der Waals surface area contributed by atoms with Crippen LogP contribution in [0.15, 0.2) is 54.6 Å². The zero-order valence-electron chi connectivity index (χ0n) is 13.5. The minimum absolute atomic E-state index is 0.115. The van der Waals surface area contributed by atoms with Gasteiger partial charge in [0.1, 0.15) is 0 Å². The third-order valence-electron chi connectivity index (χ3n) is 3.53. The maximum absolute atomic E-state index is 11.9. The number of carbonyl (C=O) groups is 2. The van der Waals surface area contributed by atoms with Gasteiger partial charge in [-0.25, -0.2) is 0 Å². The molecular weight excluding hydrogens is 288 g/mol. The molecule has 120 valence electrons. The van der Waals surface area contributed by atoms with Crippen LogP contribution in [0.1, 0.15) is 42.1 Å². The van der Waals surface area contributed by atoms with Crippen molar-refractivity contribution in [1.29, 1.82) is 0 Å². The Labute approximate surface area is 136 Å². The van der Waals surface area contributed by atoms with E-state index in [1.807, 2.05) is 42.5 Å². The largest absolute Gasteiger partial charge is 0.352 e. The molecule has 0 aliphatic carbocycles. The van der Waals surface area contributed by atoms with E-state index in [1.54, 1.807) is 12.1 Å². The topological polar surface area (TPSA) is 58.2 Å². The minimum atomic E-state index is -0.167. The second-order valence-corrected chi connectivity index (χ2v) is 5.70. The van der Waals surface area contributed by atoms with Gasteiger partial charge in [-0.2, -0.15) is 0 Å². The molecule has 0 heterocycles. The third-order valence-corrected chi connectivity index (χ3v) is 3.53. The van der Waals surface area contributed by atoms with Gasteiger partial charge in [-0.15, -0.1) is 0 Å². The zero-order valence-corrected chi connectivity index (χ0v) is 13.5. The number of benzene rings is 2. The highest BCUT2D eigenvalue weighted by atomic mass is 16.2. The molecular formula is C19H22N2O2. The van der Waals surface area contributed by atoms with E-state index >= 15 is 0 Å². The highest BCUT2D eigenvalue weighted by Gasteiger charge is 2.06. The van der Waals surface area contributed by atoms with Gasteiger partial charge in [-0.1, -0.05) is 44.2 Å². The fourth-order valence-electron chi connectivity index (χ4n) is 2.16. The van der Waals surface area contributed by atoms with Gasteiger partial charge in [0.05, 0.1) is 0 Å². The van der Waals surface area contributed by atoms with E-state index in [-0.39, 0.29) is 18.2 Å². The number of amides is 2. The van der Waals surface area contributed by atoms with Crippen molar-refractivity contribution < 1.29 is 9.59 Å². The molecule has 0 unspecified atom stereocenters. The number of anilines is 1. The maximum Gasteiger partial charge on any atom is 0.251 e. The van der Waals surface area contributed by atoms with E-state index in [0.29, 0.717) is 18.0 Å². The second kappa shape index (κ2) is 8.13. The lowest BCUT2D eigenvalue weighted by Gasteiger charge is -2.09. The fraction of sp³-hybridized carbons (Fsp3) is 0.263. The summed E-state index contributed by atoms with van der Waals surface area (Å²) in [5, 5.41) is 5.57. The Hall–Kier alpha value is -2.62. The molecule has 0 aliphatic heterocycles. The molecule has 4 heteroatoms. The molecule has 23 heavy (non-hydrogen) atoms. The molecule has 4 nitrogen and oxygen atoms in total. The molecule has 0 fully saturated rings. The van der Waals surface area contributed by atoms with Gasteiger partial charge in [0.25, 0.3) is 5.91 Å². The van der Waals surface area contributed by atoms with Gasteiger partial charge in [0, 0.05) is 24.2 Å². The molecule has 0 saturated carbocycles. The van der Waals surface area contributed by atoms with Crippen molar-refractivity contribution in [2.24, 2.45) is 0 Å². The highest BCUT2D eigenvalue weighted by molar-refractivity contribution is 5.95. The number of carbonyl (C=O) groups excluding carboxylic acids is 2. The van der Waals surface area contributed by atoms with Crippen LogP contribution in [0, 0.1) is 0 Å². The number of rotatable bonds is 6. The molecule has 2 aromatic carbocycles.